The Kier molecular flexibility index (Phi) is 3.86. The fourth-order valence-corrected chi connectivity index (χ4v) is 5.26. The first-order valence-electron chi connectivity index (χ1n) is 9.02. The van der Waals surface area contributed by atoms with E-state index in [1.54, 1.807) is 0 Å². The van der Waals surface area contributed by atoms with E-state index in [2.05, 4.69) is 41.5 Å². The van der Waals surface area contributed by atoms with E-state index < -0.39 is 0 Å². The number of aromatic nitrogens is 3. The van der Waals surface area contributed by atoms with Gasteiger partial charge in [0.1, 0.15) is 0 Å². The molecule has 2 bridgehead atoms. The average molecular weight is 363 g/mol. The van der Waals surface area contributed by atoms with E-state index in [1.165, 1.54) is 18.2 Å². The first-order chi connectivity index (χ1) is 11.8. The highest BCUT2D eigenvalue weighted by atomic mass is 32.2. The normalized spacial score (nSPS) is 31.6. The number of anilines is 1. The molecule has 1 aromatic rings. The van der Waals surface area contributed by atoms with Crippen molar-refractivity contribution in [2.24, 2.45) is 21.8 Å². The lowest BCUT2D eigenvalue weighted by molar-refractivity contribution is -0.118. The number of hydrogen-bond acceptors (Lipinski definition) is 6. The Morgan fingerprint density at radius 1 is 1.36 bits per heavy atom. The van der Waals surface area contributed by atoms with Crippen molar-refractivity contribution in [2.75, 3.05) is 11.5 Å². The van der Waals surface area contributed by atoms with Crippen LogP contribution in [0.25, 0.3) is 0 Å². The summed E-state index contributed by atoms with van der Waals surface area (Å²) in [6.45, 7) is 6.96. The van der Waals surface area contributed by atoms with E-state index in [0.717, 1.165) is 36.6 Å². The summed E-state index contributed by atoms with van der Waals surface area (Å²) in [5.74, 6) is 1.28. The molecule has 0 saturated heterocycles. The first-order valence-corrected chi connectivity index (χ1v) is 10.0. The van der Waals surface area contributed by atoms with Gasteiger partial charge in [0.25, 0.3) is 5.91 Å². The third-order valence-electron chi connectivity index (χ3n) is 6.76. The second-order valence-corrected chi connectivity index (χ2v) is 9.26. The number of nitrogens with zero attached hydrogens (tertiary/aromatic N) is 4. The second-order valence-electron chi connectivity index (χ2n) is 8.32. The lowest BCUT2D eigenvalue weighted by Crippen LogP contribution is -2.34. The molecule has 2 atom stereocenters. The largest absolute Gasteiger partial charge is 0.368 e. The molecule has 8 heteroatoms. The van der Waals surface area contributed by atoms with Crippen LogP contribution in [0.2, 0.25) is 0 Å². The van der Waals surface area contributed by atoms with Crippen molar-refractivity contribution >= 4 is 29.3 Å². The van der Waals surface area contributed by atoms with Gasteiger partial charge in [0, 0.05) is 17.2 Å². The SMILES string of the molecule is CC12CCC(CC1=NNC(=O)CSc1nnc(N)n1C1CC1)C2(C)C. The van der Waals surface area contributed by atoms with Crippen LogP contribution < -0.4 is 11.2 Å². The van der Waals surface area contributed by atoms with Crippen LogP contribution in [0.4, 0.5) is 5.95 Å². The zero-order valence-electron chi connectivity index (χ0n) is 15.1. The van der Waals surface area contributed by atoms with Crippen LogP contribution >= 0.6 is 11.8 Å². The van der Waals surface area contributed by atoms with E-state index in [9.17, 15) is 4.79 Å². The highest BCUT2D eigenvalue weighted by Gasteiger charge is 2.60. The number of thioether (sulfide) groups is 1. The molecule has 7 nitrogen and oxygen atoms in total. The molecule has 3 aliphatic rings. The van der Waals surface area contributed by atoms with Crippen LogP contribution in [0.5, 0.6) is 0 Å². The minimum atomic E-state index is -0.106. The van der Waals surface area contributed by atoms with Gasteiger partial charge < -0.3 is 5.73 Å². The maximum Gasteiger partial charge on any atom is 0.250 e. The van der Waals surface area contributed by atoms with Crippen molar-refractivity contribution in [1.82, 2.24) is 20.2 Å². The van der Waals surface area contributed by atoms with Crippen LogP contribution in [-0.2, 0) is 4.79 Å². The van der Waals surface area contributed by atoms with Gasteiger partial charge in [-0.2, -0.15) is 5.10 Å². The molecular weight excluding hydrogens is 336 g/mol. The van der Waals surface area contributed by atoms with Gasteiger partial charge in [-0.1, -0.05) is 32.5 Å². The Morgan fingerprint density at radius 2 is 2.12 bits per heavy atom. The van der Waals surface area contributed by atoms with E-state index in [4.69, 9.17) is 5.73 Å². The Morgan fingerprint density at radius 3 is 2.72 bits per heavy atom. The summed E-state index contributed by atoms with van der Waals surface area (Å²) >= 11 is 1.37. The summed E-state index contributed by atoms with van der Waals surface area (Å²) in [6, 6.07) is 0.400. The standard InChI is InChI=1S/C17H26N6OS/c1-16(2)10-6-7-17(16,3)12(8-10)19-20-13(24)9-25-15-22-21-14(18)23(15)11-4-5-11/h10-11H,4-9H2,1-3H3,(H2,18,21)(H,20,24). The highest BCUT2D eigenvalue weighted by molar-refractivity contribution is 7.99. The number of nitrogens with two attached hydrogens (primary N) is 1. The lowest BCUT2D eigenvalue weighted by atomic mass is 9.70. The fraction of sp³-hybridized carbons (Fsp3) is 0.765. The maximum atomic E-state index is 12.2. The molecule has 4 rings (SSSR count). The number of hydrazone groups is 1. The quantitative estimate of drug-likeness (QED) is 0.620. The predicted octanol–water partition coefficient (Wildman–Crippen LogP) is 2.61. The number of nitrogen functional groups attached to an aromatic ring is 1. The zero-order chi connectivity index (χ0) is 17.8. The molecule has 0 aliphatic heterocycles. The van der Waals surface area contributed by atoms with Gasteiger partial charge in [-0.3, -0.25) is 9.36 Å². The van der Waals surface area contributed by atoms with Crippen molar-refractivity contribution in [3.05, 3.63) is 0 Å². The van der Waals surface area contributed by atoms with E-state index in [0.29, 0.717) is 17.9 Å². The topological polar surface area (TPSA) is 98.2 Å². The van der Waals surface area contributed by atoms with E-state index in [-0.39, 0.29) is 22.5 Å². The Hall–Kier alpha value is -1.57. The summed E-state index contributed by atoms with van der Waals surface area (Å²) in [5, 5.41) is 13.2. The third kappa shape index (κ3) is 2.65. The third-order valence-corrected chi connectivity index (χ3v) is 7.71. The number of nitrogens with one attached hydrogen (secondary N) is 1. The number of amides is 1. The molecule has 2 unspecified atom stereocenters. The highest BCUT2D eigenvalue weighted by Crippen LogP contribution is 2.63. The summed E-state index contributed by atoms with van der Waals surface area (Å²) in [7, 11) is 0. The molecule has 1 amide bonds. The first kappa shape index (κ1) is 16.9. The summed E-state index contributed by atoms with van der Waals surface area (Å²) in [4.78, 5) is 12.2. The molecule has 3 N–H and O–H groups in total. The smallest absolute Gasteiger partial charge is 0.250 e. The molecule has 1 aromatic heterocycles. The Balaban J connectivity index is 1.36. The van der Waals surface area contributed by atoms with Gasteiger partial charge in [0.15, 0.2) is 5.16 Å². The molecule has 1 heterocycles. The molecule has 3 aliphatic carbocycles. The Bertz CT molecular complexity index is 737. The zero-order valence-corrected chi connectivity index (χ0v) is 15.9. The number of fused-ring (bicyclic) bond motifs is 2. The number of rotatable bonds is 5. The molecule has 136 valence electrons. The van der Waals surface area contributed by atoms with Gasteiger partial charge >= 0.3 is 0 Å². The van der Waals surface area contributed by atoms with E-state index in [1.807, 2.05) is 4.57 Å². The Labute approximate surface area is 152 Å². The molecular formula is C17H26N6OS. The second kappa shape index (κ2) is 5.72. The van der Waals surface area contributed by atoms with Crippen LogP contribution in [0, 0.1) is 16.7 Å². The van der Waals surface area contributed by atoms with E-state index >= 15 is 0 Å². The summed E-state index contributed by atoms with van der Waals surface area (Å²) < 4.78 is 1.93. The van der Waals surface area contributed by atoms with Crippen molar-refractivity contribution < 1.29 is 4.79 Å². The lowest BCUT2D eigenvalue weighted by Gasteiger charge is -2.34. The summed E-state index contributed by atoms with van der Waals surface area (Å²) in [6.07, 6.45) is 5.64. The molecule has 0 radical (unpaired) electrons. The number of hydrogen-bond donors (Lipinski definition) is 2. The summed E-state index contributed by atoms with van der Waals surface area (Å²) in [5.41, 5.74) is 10.1. The van der Waals surface area contributed by atoms with Crippen LogP contribution in [0.15, 0.2) is 10.3 Å². The van der Waals surface area contributed by atoms with Crippen molar-refractivity contribution in [1.29, 1.82) is 0 Å². The molecule has 3 saturated carbocycles. The predicted molar refractivity (Wildman–Crippen MR) is 98.2 cm³/mol. The van der Waals surface area contributed by atoms with Crippen LogP contribution in [0.3, 0.4) is 0 Å². The van der Waals surface area contributed by atoms with Crippen molar-refractivity contribution in [2.45, 2.75) is 64.1 Å². The minimum absolute atomic E-state index is 0.106. The van der Waals surface area contributed by atoms with Crippen LogP contribution in [0.1, 0.15) is 58.9 Å². The maximum absolute atomic E-state index is 12.2. The molecule has 0 spiro atoms. The van der Waals surface area contributed by atoms with Gasteiger partial charge in [-0.25, -0.2) is 5.43 Å². The number of carbonyl (C=O) groups is 1. The van der Waals surface area contributed by atoms with Crippen LogP contribution in [-0.4, -0.2) is 32.1 Å². The molecule has 3 fully saturated rings. The van der Waals surface area contributed by atoms with Gasteiger partial charge in [-0.15, -0.1) is 10.2 Å². The molecule has 25 heavy (non-hydrogen) atoms. The van der Waals surface area contributed by atoms with Gasteiger partial charge in [0.2, 0.25) is 5.95 Å². The van der Waals surface area contributed by atoms with Crippen molar-refractivity contribution in [3.63, 3.8) is 0 Å². The molecule has 0 aromatic carbocycles. The fourth-order valence-electron chi connectivity index (χ4n) is 4.45. The number of carbonyl (C=O) groups excluding carboxylic acids is 1. The van der Waals surface area contributed by atoms with Crippen molar-refractivity contribution in [3.8, 4) is 0 Å². The van der Waals surface area contributed by atoms with Gasteiger partial charge in [-0.05, 0) is 43.4 Å². The monoisotopic (exact) mass is 362 g/mol. The minimum Gasteiger partial charge on any atom is -0.368 e. The van der Waals surface area contributed by atoms with Gasteiger partial charge in [0.05, 0.1) is 5.75 Å². The average Bonchev–Trinajstić information content (AvgIpc) is 3.26.